The molecule has 0 bridgehead atoms. The van der Waals surface area contributed by atoms with Crippen LogP contribution in [0.25, 0.3) is 10.2 Å². The molecule has 1 amide bonds. The lowest BCUT2D eigenvalue weighted by Crippen LogP contribution is -2.21. The maximum absolute atomic E-state index is 13.4. The highest BCUT2D eigenvalue weighted by atomic mass is 32.1. The zero-order chi connectivity index (χ0) is 25.4. The normalized spacial score (nSPS) is 15.0. The van der Waals surface area contributed by atoms with Crippen LogP contribution in [-0.4, -0.2) is 28.0 Å². The van der Waals surface area contributed by atoms with E-state index in [0.29, 0.717) is 43.7 Å². The number of esters is 1. The minimum atomic E-state index is -0.404. The number of hydrogen-bond acceptors (Lipinski definition) is 7. The third-order valence-electron chi connectivity index (χ3n) is 6.54. The van der Waals surface area contributed by atoms with E-state index in [1.165, 1.54) is 29.0 Å². The molecular formula is C27H27N3O4S2. The van der Waals surface area contributed by atoms with Crippen molar-refractivity contribution in [2.24, 2.45) is 5.92 Å². The Kier molecular flexibility index (Phi) is 6.77. The van der Waals surface area contributed by atoms with Crippen LogP contribution in [-0.2, 0) is 24.1 Å². The average Bonchev–Trinajstić information content (AvgIpc) is 3.38. The summed E-state index contributed by atoms with van der Waals surface area (Å²) in [4.78, 5) is 46.0. The van der Waals surface area contributed by atoms with Crippen LogP contribution in [0.3, 0.4) is 0 Å². The summed E-state index contributed by atoms with van der Waals surface area (Å²) in [5, 5.41) is 3.94. The zero-order valence-corrected chi connectivity index (χ0v) is 22.1. The molecule has 36 heavy (non-hydrogen) atoms. The smallest absolute Gasteiger partial charge is 0.341 e. The Morgan fingerprint density at radius 2 is 2.00 bits per heavy atom. The number of amides is 1. The predicted molar refractivity (Wildman–Crippen MR) is 144 cm³/mol. The summed E-state index contributed by atoms with van der Waals surface area (Å²) in [5.41, 5.74) is 2.88. The van der Waals surface area contributed by atoms with Crippen molar-refractivity contribution >= 4 is 49.8 Å². The van der Waals surface area contributed by atoms with E-state index in [1.807, 2.05) is 30.3 Å². The Labute approximate surface area is 216 Å². The number of carbonyl (C=O) groups excluding carboxylic acids is 2. The van der Waals surface area contributed by atoms with E-state index in [2.05, 4.69) is 17.2 Å². The van der Waals surface area contributed by atoms with Gasteiger partial charge in [-0.05, 0) is 55.7 Å². The molecule has 186 valence electrons. The van der Waals surface area contributed by atoms with Gasteiger partial charge in [-0.25, -0.2) is 9.78 Å². The number of rotatable bonds is 6. The van der Waals surface area contributed by atoms with Crippen LogP contribution in [0.15, 0.2) is 41.5 Å². The molecule has 0 unspecified atom stereocenters. The van der Waals surface area contributed by atoms with Gasteiger partial charge in [0.2, 0.25) is 0 Å². The third kappa shape index (κ3) is 4.49. The number of hydrogen-bond donors (Lipinski definition) is 1. The Balaban J connectivity index is 1.49. The number of carbonyl (C=O) groups is 2. The van der Waals surface area contributed by atoms with Gasteiger partial charge >= 0.3 is 5.97 Å². The van der Waals surface area contributed by atoms with Gasteiger partial charge in [0.25, 0.3) is 11.5 Å². The molecule has 4 aromatic rings. The number of benzene rings is 1. The number of nitrogens with one attached hydrogen (secondary N) is 1. The van der Waals surface area contributed by atoms with Gasteiger partial charge in [-0.1, -0.05) is 37.3 Å². The molecule has 1 aliphatic carbocycles. The number of thiophene rings is 2. The van der Waals surface area contributed by atoms with Crippen molar-refractivity contribution in [1.29, 1.82) is 0 Å². The first-order chi connectivity index (χ1) is 17.4. The first-order valence-electron chi connectivity index (χ1n) is 12.0. The van der Waals surface area contributed by atoms with Crippen molar-refractivity contribution in [1.82, 2.24) is 9.55 Å². The maximum atomic E-state index is 13.4. The summed E-state index contributed by atoms with van der Waals surface area (Å²) in [6.45, 7) is 6.42. The second-order valence-corrected chi connectivity index (χ2v) is 11.2. The molecule has 0 fully saturated rings. The highest BCUT2D eigenvalue weighted by molar-refractivity contribution is 7.21. The Bertz CT molecular complexity index is 1520. The molecule has 7 nitrogen and oxygen atoms in total. The quantitative estimate of drug-likeness (QED) is 0.342. The van der Waals surface area contributed by atoms with Crippen LogP contribution in [0.4, 0.5) is 5.00 Å². The van der Waals surface area contributed by atoms with Gasteiger partial charge in [-0.3, -0.25) is 14.2 Å². The molecule has 1 atom stereocenters. The Morgan fingerprint density at radius 3 is 2.75 bits per heavy atom. The first-order valence-corrected chi connectivity index (χ1v) is 13.7. The molecule has 0 spiro atoms. The largest absolute Gasteiger partial charge is 0.462 e. The van der Waals surface area contributed by atoms with E-state index in [9.17, 15) is 14.4 Å². The molecule has 0 radical (unpaired) electrons. The monoisotopic (exact) mass is 521 g/mol. The Hall–Kier alpha value is -3.30. The SMILES string of the molecule is CCOC(=O)c1c(NC(=O)c2sc3ncn(Cc4ccccc4)c(=O)c3c2C)sc2c1CC[C@H](C)C2. The molecule has 3 aromatic heterocycles. The number of aromatic nitrogens is 2. The summed E-state index contributed by atoms with van der Waals surface area (Å²) in [6.07, 6.45) is 4.21. The first kappa shape index (κ1) is 24.4. The molecule has 3 heterocycles. The zero-order valence-electron chi connectivity index (χ0n) is 20.4. The summed E-state index contributed by atoms with van der Waals surface area (Å²) in [5.74, 6) is -0.219. The lowest BCUT2D eigenvalue weighted by atomic mass is 9.88. The fraction of sp³-hybridized carbons (Fsp3) is 0.333. The molecule has 0 aliphatic heterocycles. The highest BCUT2D eigenvalue weighted by Gasteiger charge is 2.30. The lowest BCUT2D eigenvalue weighted by molar-refractivity contribution is 0.0526. The second-order valence-electron chi connectivity index (χ2n) is 9.13. The van der Waals surface area contributed by atoms with Gasteiger partial charge in [-0.15, -0.1) is 22.7 Å². The fourth-order valence-electron chi connectivity index (χ4n) is 4.69. The second kappa shape index (κ2) is 9.99. The molecule has 5 rings (SSSR count). The van der Waals surface area contributed by atoms with Gasteiger partial charge in [-0.2, -0.15) is 0 Å². The van der Waals surface area contributed by atoms with E-state index in [0.717, 1.165) is 35.3 Å². The van der Waals surface area contributed by atoms with Gasteiger partial charge in [0.15, 0.2) is 0 Å². The van der Waals surface area contributed by atoms with Gasteiger partial charge in [0.05, 0.1) is 35.3 Å². The minimum absolute atomic E-state index is 0.176. The molecule has 1 N–H and O–H groups in total. The van der Waals surface area contributed by atoms with Crippen LogP contribution < -0.4 is 10.9 Å². The average molecular weight is 522 g/mol. The van der Waals surface area contributed by atoms with E-state index >= 15 is 0 Å². The maximum Gasteiger partial charge on any atom is 0.341 e. The summed E-state index contributed by atoms with van der Waals surface area (Å²) >= 11 is 2.64. The minimum Gasteiger partial charge on any atom is -0.462 e. The molecule has 1 aliphatic rings. The summed E-state index contributed by atoms with van der Waals surface area (Å²) in [6, 6.07) is 9.70. The van der Waals surface area contributed by atoms with Crippen LogP contribution in [0.1, 0.15) is 61.9 Å². The molecule has 9 heteroatoms. The number of aryl methyl sites for hydroxylation is 1. The van der Waals surface area contributed by atoms with Gasteiger partial charge in [0, 0.05) is 4.88 Å². The van der Waals surface area contributed by atoms with Crippen LogP contribution >= 0.6 is 22.7 Å². The van der Waals surface area contributed by atoms with Crippen molar-refractivity contribution in [3.05, 3.63) is 79.0 Å². The molecule has 0 saturated heterocycles. The number of anilines is 1. The summed E-state index contributed by atoms with van der Waals surface area (Å²) < 4.78 is 6.88. The summed E-state index contributed by atoms with van der Waals surface area (Å²) in [7, 11) is 0. The molecule has 1 aromatic carbocycles. The lowest BCUT2D eigenvalue weighted by Gasteiger charge is -2.18. The number of nitrogens with zero attached hydrogens (tertiary/aromatic N) is 2. The van der Waals surface area contributed by atoms with Crippen LogP contribution in [0.5, 0.6) is 0 Å². The highest BCUT2D eigenvalue weighted by Crippen LogP contribution is 2.40. The standard InChI is InChI=1S/C27H27N3O4S2/c1-4-34-27(33)21-18-11-10-15(2)12-19(18)35-25(21)29-23(31)22-16(3)20-24(36-22)28-14-30(26(20)32)13-17-8-6-5-7-9-17/h5-9,14-15H,4,10-13H2,1-3H3,(H,29,31)/t15-/m0/s1. The number of fused-ring (bicyclic) bond motifs is 2. The predicted octanol–water partition coefficient (Wildman–Crippen LogP) is 5.43. The van der Waals surface area contributed by atoms with E-state index < -0.39 is 5.97 Å². The van der Waals surface area contributed by atoms with Crippen molar-refractivity contribution in [2.45, 2.75) is 46.6 Å². The van der Waals surface area contributed by atoms with Crippen LogP contribution in [0.2, 0.25) is 0 Å². The van der Waals surface area contributed by atoms with Crippen molar-refractivity contribution < 1.29 is 14.3 Å². The van der Waals surface area contributed by atoms with E-state index in [1.54, 1.807) is 18.4 Å². The topological polar surface area (TPSA) is 90.3 Å². The third-order valence-corrected chi connectivity index (χ3v) is 8.91. The number of ether oxygens (including phenoxy) is 1. The van der Waals surface area contributed by atoms with E-state index in [4.69, 9.17) is 4.74 Å². The van der Waals surface area contributed by atoms with Crippen molar-refractivity contribution in [3.8, 4) is 0 Å². The van der Waals surface area contributed by atoms with Crippen molar-refractivity contribution in [2.75, 3.05) is 11.9 Å². The fourth-order valence-corrected chi connectivity index (χ4v) is 7.11. The molecule has 0 saturated carbocycles. The molecular weight excluding hydrogens is 494 g/mol. The van der Waals surface area contributed by atoms with E-state index in [-0.39, 0.29) is 18.1 Å². The Morgan fingerprint density at radius 1 is 1.22 bits per heavy atom. The van der Waals surface area contributed by atoms with Crippen molar-refractivity contribution in [3.63, 3.8) is 0 Å². The van der Waals surface area contributed by atoms with Gasteiger partial charge in [0.1, 0.15) is 9.83 Å². The van der Waals surface area contributed by atoms with Crippen LogP contribution in [0, 0.1) is 12.8 Å². The van der Waals surface area contributed by atoms with Gasteiger partial charge < -0.3 is 10.1 Å².